The van der Waals surface area contributed by atoms with Crippen LogP contribution in [0, 0.1) is 47.3 Å². The van der Waals surface area contributed by atoms with Gasteiger partial charge in [0, 0.05) is 23.7 Å². The quantitative estimate of drug-likeness (QED) is 0.542. The van der Waals surface area contributed by atoms with Gasteiger partial charge in [-0.1, -0.05) is 44.3 Å². The van der Waals surface area contributed by atoms with Crippen LogP contribution < -0.4 is 0 Å². The molecule has 106 valence electrons. The minimum Gasteiger partial charge on any atom is -0.299 e. The average molecular weight is 270 g/mol. The van der Waals surface area contributed by atoms with E-state index in [1.807, 2.05) is 0 Å². The van der Waals surface area contributed by atoms with Crippen LogP contribution in [-0.4, -0.2) is 11.6 Å². The molecule has 4 bridgehead atoms. The first-order valence-electron chi connectivity index (χ1n) is 8.53. The Kier molecular flexibility index (Phi) is 2.25. The van der Waals surface area contributed by atoms with Gasteiger partial charge in [0.05, 0.1) is 0 Å². The molecule has 5 rings (SSSR count). The zero-order valence-electron chi connectivity index (χ0n) is 11.8. The van der Waals surface area contributed by atoms with E-state index in [0.29, 0.717) is 29.3 Å². The molecule has 7 unspecified atom stereocenters. The van der Waals surface area contributed by atoms with Gasteiger partial charge in [-0.3, -0.25) is 9.59 Å². The summed E-state index contributed by atoms with van der Waals surface area (Å²) in [5.74, 6) is 3.87. The minimum absolute atomic E-state index is 0.107. The monoisotopic (exact) mass is 270 g/mol. The fraction of sp³-hybridized carbons (Fsp3) is 0.778. The number of carbonyl (C=O) groups is 2. The molecule has 0 saturated heterocycles. The van der Waals surface area contributed by atoms with E-state index < -0.39 is 0 Å². The summed E-state index contributed by atoms with van der Waals surface area (Å²) in [5, 5.41) is 0. The van der Waals surface area contributed by atoms with E-state index >= 15 is 0 Å². The second-order valence-corrected chi connectivity index (χ2v) is 7.83. The topological polar surface area (TPSA) is 34.1 Å². The molecule has 2 heteroatoms. The van der Waals surface area contributed by atoms with Crippen LogP contribution in [-0.2, 0) is 9.59 Å². The summed E-state index contributed by atoms with van der Waals surface area (Å²) in [6.07, 6.45) is 12.1. The van der Waals surface area contributed by atoms with E-state index in [1.54, 1.807) is 0 Å². The van der Waals surface area contributed by atoms with Gasteiger partial charge in [0.2, 0.25) is 0 Å². The molecular weight excluding hydrogens is 248 g/mol. The van der Waals surface area contributed by atoms with Gasteiger partial charge in [0.15, 0.2) is 0 Å². The van der Waals surface area contributed by atoms with Crippen LogP contribution >= 0.6 is 0 Å². The molecule has 0 aromatic rings. The third-order valence-corrected chi connectivity index (χ3v) is 7.27. The van der Waals surface area contributed by atoms with E-state index in [9.17, 15) is 9.59 Å². The number of hydrogen-bond acceptors (Lipinski definition) is 2. The van der Waals surface area contributed by atoms with E-state index in [-0.39, 0.29) is 23.7 Å². The minimum atomic E-state index is 0.107. The molecule has 20 heavy (non-hydrogen) atoms. The molecule has 4 saturated carbocycles. The maximum absolute atomic E-state index is 12.7. The number of Topliss-reactive ketones (excluding diaryl/α,β-unsaturated/α-hetero) is 2. The Balaban J connectivity index is 1.49. The lowest BCUT2D eigenvalue weighted by atomic mass is 9.64. The summed E-state index contributed by atoms with van der Waals surface area (Å²) >= 11 is 0. The largest absolute Gasteiger partial charge is 0.299 e. The summed E-state index contributed by atoms with van der Waals surface area (Å²) in [5.41, 5.74) is 0. The zero-order valence-corrected chi connectivity index (χ0v) is 11.8. The predicted octanol–water partition coefficient (Wildman–Crippen LogP) is 3.02. The fourth-order valence-electron chi connectivity index (χ4n) is 6.63. The summed E-state index contributed by atoms with van der Waals surface area (Å²) in [4.78, 5) is 25.0. The number of carbonyl (C=O) groups excluding carboxylic acids is 2. The van der Waals surface area contributed by atoms with Gasteiger partial charge in [0.25, 0.3) is 0 Å². The van der Waals surface area contributed by atoms with Crippen molar-refractivity contribution in [3.63, 3.8) is 0 Å². The van der Waals surface area contributed by atoms with Crippen molar-refractivity contribution in [2.24, 2.45) is 47.3 Å². The molecule has 0 aliphatic heterocycles. The van der Waals surface area contributed by atoms with Gasteiger partial charge in [-0.25, -0.2) is 0 Å². The average Bonchev–Trinajstić information content (AvgIpc) is 3.17. The van der Waals surface area contributed by atoms with Gasteiger partial charge in [-0.15, -0.1) is 0 Å². The molecule has 0 spiro atoms. The van der Waals surface area contributed by atoms with Crippen LogP contribution in [0.2, 0.25) is 0 Å². The molecular formula is C18H22O2. The summed E-state index contributed by atoms with van der Waals surface area (Å²) in [6, 6.07) is 0. The third kappa shape index (κ3) is 1.22. The van der Waals surface area contributed by atoms with Gasteiger partial charge in [-0.05, 0) is 30.1 Å². The highest BCUT2D eigenvalue weighted by Crippen LogP contribution is 2.65. The highest BCUT2D eigenvalue weighted by Gasteiger charge is 2.68. The van der Waals surface area contributed by atoms with Gasteiger partial charge in [0.1, 0.15) is 11.6 Å². The standard InChI is InChI=1S/C18H22O2/c19-17-10-6-7-11(17)15-14(10)13-8-12(16(15)18(13)20)9-4-2-1-3-5-9/h6-7,9-16H,1-5,8H2. The lowest BCUT2D eigenvalue weighted by Gasteiger charge is -2.39. The fourth-order valence-corrected chi connectivity index (χ4v) is 6.63. The second kappa shape index (κ2) is 3.84. The Morgan fingerprint density at radius 2 is 1.55 bits per heavy atom. The van der Waals surface area contributed by atoms with Crippen molar-refractivity contribution >= 4 is 11.6 Å². The van der Waals surface area contributed by atoms with Crippen molar-refractivity contribution < 1.29 is 9.59 Å². The maximum atomic E-state index is 12.7. The zero-order chi connectivity index (χ0) is 13.4. The molecule has 7 atom stereocenters. The highest BCUT2D eigenvalue weighted by molar-refractivity contribution is 5.98. The van der Waals surface area contributed by atoms with Crippen LogP contribution in [0.1, 0.15) is 38.5 Å². The number of hydrogen-bond donors (Lipinski definition) is 0. The lowest BCUT2D eigenvalue weighted by Crippen LogP contribution is -2.35. The number of fused-ring (bicyclic) bond motifs is 9. The van der Waals surface area contributed by atoms with Crippen molar-refractivity contribution in [1.82, 2.24) is 0 Å². The van der Waals surface area contributed by atoms with E-state index in [2.05, 4.69) is 12.2 Å². The Hall–Kier alpha value is -0.920. The van der Waals surface area contributed by atoms with E-state index in [0.717, 1.165) is 12.3 Å². The first-order valence-corrected chi connectivity index (χ1v) is 8.53. The smallest absolute Gasteiger partial charge is 0.147 e. The molecule has 5 aliphatic rings. The molecule has 5 aliphatic carbocycles. The Morgan fingerprint density at radius 1 is 0.850 bits per heavy atom. The molecule has 0 amide bonds. The SMILES string of the molecule is O=C1C2C=CC1C1C3C(=O)C(CC3C3CCCCC3)C21. The molecule has 2 nitrogen and oxygen atoms in total. The van der Waals surface area contributed by atoms with E-state index in [1.165, 1.54) is 32.1 Å². The molecule has 0 aromatic heterocycles. The van der Waals surface area contributed by atoms with Crippen molar-refractivity contribution in [3.8, 4) is 0 Å². The maximum Gasteiger partial charge on any atom is 0.147 e. The summed E-state index contributed by atoms with van der Waals surface area (Å²) < 4.78 is 0. The molecule has 0 heterocycles. The van der Waals surface area contributed by atoms with Crippen LogP contribution in [0.15, 0.2) is 12.2 Å². The summed E-state index contributed by atoms with van der Waals surface area (Å²) in [6.45, 7) is 0. The number of allylic oxidation sites excluding steroid dienone is 2. The van der Waals surface area contributed by atoms with Crippen molar-refractivity contribution in [1.29, 1.82) is 0 Å². The molecule has 0 N–H and O–H groups in total. The Morgan fingerprint density at radius 3 is 2.30 bits per heavy atom. The molecule has 0 aromatic carbocycles. The molecule has 0 radical (unpaired) electrons. The van der Waals surface area contributed by atoms with Crippen LogP contribution in [0.25, 0.3) is 0 Å². The number of rotatable bonds is 1. The van der Waals surface area contributed by atoms with Crippen molar-refractivity contribution in [3.05, 3.63) is 12.2 Å². The van der Waals surface area contributed by atoms with Gasteiger partial charge >= 0.3 is 0 Å². The van der Waals surface area contributed by atoms with Crippen LogP contribution in [0.3, 0.4) is 0 Å². The van der Waals surface area contributed by atoms with Gasteiger partial charge in [-0.2, -0.15) is 0 Å². The van der Waals surface area contributed by atoms with Crippen molar-refractivity contribution in [2.75, 3.05) is 0 Å². The Bertz CT molecular complexity index is 514. The summed E-state index contributed by atoms with van der Waals surface area (Å²) in [7, 11) is 0. The first kappa shape index (κ1) is 11.7. The van der Waals surface area contributed by atoms with Gasteiger partial charge < -0.3 is 0 Å². The van der Waals surface area contributed by atoms with Crippen LogP contribution in [0.5, 0.6) is 0 Å². The second-order valence-electron chi connectivity index (χ2n) is 7.83. The predicted molar refractivity (Wildman–Crippen MR) is 74.8 cm³/mol. The van der Waals surface area contributed by atoms with Crippen molar-refractivity contribution in [2.45, 2.75) is 38.5 Å². The molecule has 4 fully saturated rings. The normalized spacial score (nSPS) is 53.1. The number of ketones is 2. The Labute approximate surface area is 120 Å². The van der Waals surface area contributed by atoms with Crippen LogP contribution in [0.4, 0.5) is 0 Å². The first-order chi connectivity index (χ1) is 9.77. The third-order valence-electron chi connectivity index (χ3n) is 7.27. The lowest BCUT2D eigenvalue weighted by molar-refractivity contribution is -0.125. The van der Waals surface area contributed by atoms with E-state index in [4.69, 9.17) is 0 Å². The highest BCUT2D eigenvalue weighted by atomic mass is 16.1.